The number of ether oxygens (including phenoxy) is 2. The number of benzene rings is 1. The molecule has 0 amide bonds. The van der Waals surface area contributed by atoms with Crippen LogP contribution < -0.4 is 20.7 Å². The van der Waals surface area contributed by atoms with E-state index in [4.69, 9.17) is 35.9 Å². The first-order valence-electron chi connectivity index (χ1n) is 13.9. The fourth-order valence-electron chi connectivity index (χ4n) is 4.59. The molecule has 3 aromatic rings. The first-order valence-corrected chi connectivity index (χ1v) is 15.9. The smallest absolute Gasteiger partial charge is 0.459 e. The van der Waals surface area contributed by atoms with E-state index >= 15 is 0 Å². The molecule has 1 aromatic carbocycles. The van der Waals surface area contributed by atoms with E-state index in [1.807, 2.05) is 0 Å². The Morgan fingerprint density at radius 3 is 2.58 bits per heavy atom. The number of aliphatic hydroxyl groups is 1. The summed E-state index contributed by atoms with van der Waals surface area (Å²) in [5, 5.41) is 16.5. The fourth-order valence-corrected chi connectivity index (χ4v) is 6.39. The van der Waals surface area contributed by atoms with Crippen molar-refractivity contribution in [1.29, 1.82) is 0 Å². The summed E-state index contributed by atoms with van der Waals surface area (Å²) in [6.07, 6.45) is -9.35. The third kappa shape index (κ3) is 6.98. The van der Waals surface area contributed by atoms with Crippen LogP contribution in [0.3, 0.4) is 0 Å². The number of carbonyl (C=O) groups excluding carboxylic acids is 1. The summed E-state index contributed by atoms with van der Waals surface area (Å²) >= 11 is 6.21. The molecule has 45 heavy (non-hydrogen) atoms. The van der Waals surface area contributed by atoms with Crippen molar-refractivity contribution >= 4 is 48.2 Å². The zero-order chi connectivity index (χ0) is 32.7. The van der Waals surface area contributed by atoms with Gasteiger partial charge < -0.3 is 30.2 Å². The summed E-state index contributed by atoms with van der Waals surface area (Å²) < 4.78 is 80.4. The highest BCUT2D eigenvalue weighted by molar-refractivity contribution is 7.52. The van der Waals surface area contributed by atoms with Crippen LogP contribution in [-0.4, -0.2) is 78.6 Å². The number of para-hydroxylation sites is 1. The summed E-state index contributed by atoms with van der Waals surface area (Å²) in [5.74, 6) is -0.751. The number of nitrogens with zero attached hydrogens (tertiary/aromatic N) is 4. The maximum atomic E-state index is 14.6. The lowest BCUT2D eigenvalue weighted by atomic mass is 9.98. The molecule has 246 valence electrons. The predicted octanol–water partition coefficient (Wildman–Crippen LogP) is 3.91. The quantitative estimate of drug-likeness (QED) is 0.123. The molecule has 2 aliphatic rings. The van der Waals surface area contributed by atoms with E-state index in [1.165, 1.54) is 19.1 Å². The largest absolute Gasteiger partial charge is 0.462 e. The van der Waals surface area contributed by atoms with Gasteiger partial charge in [0.15, 0.2) is 23.2 Å². The van der Waals surface area contributed by atoms with Crippen LogP contribution in [0.5, 0.6) is 5.75 Å². The number of fused-ring (bicyclic) bond motifs is 1. The molecule has 1 saturated carbocycles. The highest BCUT2D eigenvalue weighted by Crippen LogP contribution is 2.55. The lowest BCUT2D eigenvalue weighted by Crippen LogP contribution is -2.53. The number of carbonyl (C=O) groups is 1. The second kappa shape index (κ2) is 12.5. The number of esters is 1. The SMILES string of the molecule is CC(C)OC(=O)[C@H](C)NP(=O)(OC[C@H]1O[C@@H](n2cnc3c(NC4CC4)nc(N)nc32)[C@@](Cl)(C(F)(F)F)[C@@H]1O)Oc1ccccc1. The minimum absolute atomic E-state index is 0.0586. The average molecular weight is 678 g/mol. The molecule has 6 atom stereocenters. The summed E-state index contributed by atoms with van der Waals surface area (Å²) in [6, 6.07) is 6.59. The Bertz CT molecular complexity index is 1580. The van der Waals surface area contributed by atoms with Gasteiger partial charge in [-0.1, -0.05) is 18.2 Å². The summed E-state index contributed by atoms with van der Waals surface area (Å²) in [5.41, 5.74) is 5.83. The molecule has 1 aliphatic carbocycles. The van der Waals surface area contributed by atoms with Crippen molar-refractivity contribution < 1.29 is 46.2 Å². The van der Waals surface area contributed by atoms with Gasteiger partial charge in [0.05, 0.1) is 19.0 Å². The molecule has 1 unspecified atom stereocenters. The Hall–Kier alpha value is -3.21. The van der Waals surface area contributed by atoms with Crippen LogP contribution in [0.1, 0.15) is 39.8 Å². The number of aromatic nitrogens is 4. The van der Waals surface area contributed by atoms with Gasteiger partial charge in [0.2, 0.25) is 10.8 Å². The normalized spacial score (nSPS) is 25.7. The minimum atomic E-state index is -5.24. The molecule has 19 heteroatoms. The van der Waals surface area contributed by atoms with E-state index in [9.17, 15) is 27.6 Å². The van der Waals surface area contributed by atoms with Crippen LogP contribution in [0.25, 0.3) is 11.2 Å². The summed E-state index contributed by atoms with van der Waals surface area (Å²) in [6.45, 7) is 3.65. The molecular weight excluding hydrogens is 646 g/mol. The van der Waals surface area contributed by atoms with E-state index in [0.717, 1.165) is 23.7 Å². The molecule has 2 fully saturated rings. The highest BCUT2D eigenvalue weighted by atomic mass is 35.5. The number of halogens is 4. The van der Waals surface area contributed by atoms with Gasteiger partial charge in [-0.15, -0.1) is 11.6 Å². The maximum absolute atomic E-state index is 14.6. The van der Waals surface area contributed by atoms with Gasteiger partial charge >= 0.3 is 19.9 Å². The van der Waals surface area contributed by atoms with E-state index in [2.05, 4.69) is 25.4 Å². The van der Waals surface area contributed by atoms with Crippen LogP contribution in [0.2, 0.25) is 0 Å². The topological polar surface area (TPSA) is 185 Å². The zero-order valence-electron chi connectivity index (χ0n) is 24.3. The van der Waals surface area contributed by atoms with Crippen LogP contribution >= 0.6 is 19.3 Å². The molecule has 5 N–H and O–H groups in total. The number of hydrogen-bond donors (Lipinski definition) is 4. The van der Waals surface area contributed by atoms with E-state index in [0.29, 0.717) is 0 Å². The van der Waals surface area contributed by atoms with E-state index in [1.54, 1.807) is 32.0 Å². The van der Waals surface area contributed by atoms with Crippen molar-refractivity contribution in [3.63, 3.8) is 0 Å². The molecule has 0 spiro atoms. The van der Waals surface area contributed by atoms with Gasteiger partial charge in [-0.05, 0) is 45.7 Å². The summed E-state index contributed by atoms with van der Waals surface area (Å²) in [7, 11) is -4.53. The molecule has 1 saturated heterocycles. The Balaban J connectivity index is 1.43. The molecular formula is C26H32ClF3N7O7P. The average Bonchev–Trinajstić information content (AvgIpc) is 3.61. The van der Waals surface area contributed by atoms with E-state index < -0.39 is 62.0 Å². The summed E-state index contributed by atoms with van der Waals surface area (Å²) in [4.78, 5) is 21.3. The number of nitrogen functional groups attached to an aromatic ring is 1. The van der Waals surface area contributed by atoms with Crippen LogP contribution in [0.15, 0.2) is 36.7 Å². The highest BCUT2D eigenvalue weighted by Gasteiger charge is 2.71. The first kappa shape index (κ1) is 33.2. The Morgan fingerprint density at radius 2 is 1.96 bits per heavy atom. The number of rotatable bonds is 12. The lowest BCUT2D eigenvalue weighted by molar-refractivity contribution is -0.195. The molecule has 14 nitrogen and oxygen atoms in total. The van der Waals surface area contributed by atoms with Crippen LogP contribution in [0.4, 0.5) is 24.9 Å². The third-order valence-corrected chi connectivity index (χ3v) is 9.19. The number of aliphatic hydroxyl groups excluding tert-OH is 1. The molecule has 2 aromatic heterocycles. The van der Waals surface area contributed by atoms with Gasteiger partial charge in [-0.3, -0.25) is 13.9 Å². The standard InChI is InChI=1S/C26H32ClF3N7O7P/c1-13(2)42-22(39)14(3)36-45(40,44-16-7-5-4-6-8-16)41-11-17-19(38)25(27,26(28,29)30)23(43-17)37-12-32-18-20(33-15-9-10-15)34-24(31)35-21(18)37/h4-8,12-15,17,19,23,38H,9-11H2,1-3H3,(H,36,40)(H3,31,33,34,35)/t14-,17+,19+,23+,25+,45?/m0/s1. The third-order valence-electron chi connectivity index (χ3n) is 6.92. The van der Waals surface area contributed by atoms with Crippen molar-refractivity contribution in [2.75, 3.05) is 17.7 Å². The predicted molar refractivity (Wildman–Crippen MR) is 155 cm³/mol. The van der Waals surface area contributed by atoms with Crippen molar-refractivity contribution in [3.05, 3.63) is 36.7 Å². The zero-order valence-corrected chi connectivity index (χ0v) is 25.9. The van der Waals surface area contributed by atoms with Gasteiger partial charge in [0.25, 0.3) is 0 Å². The Kier molecular flexibility index (Phi) is 9.23. The van der Waals surface area contributed by atoms with Gasteiger partial charge in [-0.2, -0.15) is 28.2 Å². The maximum Gasteiger partial charge on any atom is 0.459 e. The van der Waals surface area contributed by atoms with Gasteiger partial charge in [0.1, 0.15) is 24.0 Å². The van der Waals surface area contributed by atoms with Crippen molar-refractivity contribution in [2.45, 2.75) is 81.3 Å². The number of nitrogens with two attached hydrogens (primary N) is 1. The molecule has 0 bridgehead atoms. The van der Waals surface area contributed by atoms with Gasteiger partial charge in [-0.25, -0.2) is 9.55 Å². The molecule has 1 aliphatic heterocycles. The van der Waals surface area contributed by atoms with Crippen LogP contribution in [0, 0.1) is 0 Å². The molecule has 0 radical (unpaired) electrons. The second-order valence-corrected chi connectivity index (χ2v) is 13.3. The van der Waals surface area contributed by atoms with Gasteiger partial charge in [0, 0.05) is 6.04 Å². The lowest BCUT2D eigenvalue weighted by Gasteiger charge is -2.32. The van der Waals surface area contributed by atoms with Crippen LogP contribution in [-0.2, 0) is 23.4 Å². The van der Waals surface area contributed by atoms with Crippen molar-refractivity contribution in [2.24, 2.45) is 0 Å². The molecule has 3 heterocycles. The minimum Gasteiger partial charge on any atom is -0.462 e. The Labute approximate surface area is 260 Å². The fraction of sp³-hybridized carbons (Fsp3) is 0.538. The molecule has 5 rings (SSSR count). The first-order chi connectivity index (χ1) is 21.1. The van der Waals surface area contributed by atoms with E-state index in [-0.39, 0.29) is 34.7 Å². The number of anilines is 2. The number of alkyl halides is 4. The number of imidazole rings is 1. The second-order valence-electron chi connectivity index (χ2n) is 10.9. The monoisotopic (exact) mass is 677 g/mol. The number of hydrogen-bond acceptors (Lipinski definition) is 12. The van der Waals surface area contributed by atoms with Crippen molar-refractivity contribution in [3.8, 4) is 5.75 Å². The Morgan fingerprint density at radius 1 is 1.27 bits per heavy atom. The van der Waals surface area contributed by atoms with Crippen molar-refractivity contribution in [1.82, 2.24) is 24.6 Å². The number of nitrogens with one attached hydrogen (secondary N) is 2.